The lowest BCUT2D eigenvalue weighted by Gasteiger charge is -2.33. The van der Waals surface area contributed by atoms with Crippen LogP contribution in [0.15, 0.2) is 52.4 Å². The molecule has 4 rings (SSSR count). The molecule has 9 heteroatoms. The average molecular weight is 471 g/mol. The molecule has 1 fully saturated rings. The van der Waals surface area contributed by atoms with Gasteiger partial charge in [-0.15, -0.1) is 23.1 Å². The van der Waals surface area contributed by atoms with E-state index in [0.717, 1.165) is 47.0 Å². The first-order valence-electron chi connectivity index (χ1n) is 10.6. The lowest BCUT2D eigenvalue weighted by molar-refractivity contribution is -0.122. The molecular formula is C23H26N4O3S2. The molecule has 1 aliphatic heterocycles. The normalized spacial score (nSPS) is 16.1. The van der Waals surface area contributed by atoms with Crippen LogP contribution in [0.4, 0.5) is 5.69 Å². The maximum atomic E-state index is 12.2. The van der Waals surface area contributed by atoms with Crippen LogP contribution in [0.1, 0.15) is 24.1 Å². The van der Waals surface area contributed by atoms with Crippen LogP contribution >= 0.6 is 23.1 Å². The first-order valence-corrected chi connectivity index (χ1v) is 12.6. The standard InChI is InChI=1S/C23H26N4O3S2/c24-23(29)17-3-1-9-27(13-17)19-7-5-16(6-8-19)12-25-22(28)15-31-14-18-11-20(30-26-18)21-4-2-10-32-21/h2,4-8,10-11,17H,1,3,9,12-15H2,(H2,24,29)(H,25,28)/t17-/m0/s1. The van der Waals surface area contributed by atoms with E-state index in [1.165, 1.54) is 11.8 Å². The Kier molecular flexibility index (Phi) is 7.49. The van der Waals surface area contributed by atoms with E-state index in [2.05, 4.69) is 15.4 Å². The number of nitrogens with two attached hydrogens (primary N) is 1. The summed E-state index contributed by atoms with van der Waals surface area (Å²) in [5.41, 5.74) is 8.42. The number of benzene rings is 1. The largest absolute Gasteiger partial charge is 0.371 e. The van der Waals surface area contributed by atoms with Gasteiger partial charge in [0.15, 0.2) is 5.76 Å². The Bertz CT molecular complexity index is 1030. The molecule has 0 saturated carbocycles. The number of nitrogens with one attached hydrogen (secondary N) is 1. The van der Waals surface area contributed by atoms with Crippen LogP contribution in [0.25, 0.3) is 10.6 Å². The van der Waals surface area contributed by atoms with Crippen molar-refractivity contribution < 1.29 is 14.1 Å². The van der Waals surface area contributed by atoms with Crippen molar-refractivity contribution in [1.82, 2.24) is 10.5 Å². The second kappa shape index (κ2) is 10.7. The van der Waals surface area contributed by atoms with E-state index in [9.17, 15) is 9.59 Å². The van der Waals surface area contributed by atoms with Crippen molar-refractivity contribution >= 4 is 40.6 Å². The Morgan fingerprint density at radius 3 is 2.88 bits per heavy atom. The molecule has 2 aromatic heterocycles. The van der Waals surface area contributed by atoms with Crippen molar-refractivity contribution in [3.05, 3.63) is 59.1 Å². The fraction of sp³-hybridized carbons (Fsp3) is 0.348. The highest BCUT2D eigenvalue weighted by Crippen LogP contribution is 2.26. The summed E-state index contributed by atoms with van der Waals surface area (Å²) in [4.78, 5) is 26.9. The number of rotatable bonds is 9. The fourth-order valence-electron chi connectivity index (χ4n) is 3.68. The number of aromatic nitrogens is 1. The summed E-state index contributed by atoms with van der Waals surface area (Å²) in [6.07, 6.45) is 1.83. The van der Waals surface area contributed by atoms with Crippen LogP contribution in [0.2, 0.25) is 0 Å². The van der Waals surface area contributed by atoms with E-state index >= 15 is 0 Å². The molecule has 0 radical (unpaired) electrons. The Morgan fingerprint density at radius 2 is 2.12 bits per heavy atom. The molecule has 1 saturated heterocycles. The van der Waals surface area contributed by atoms with Gasteiger partial charge in [0.05, 0.1) is 22.2 Å². The molecule has 1 aromatic carbocycles. The van der Waals surface area contributed by atoms with E-state index < -0.39 is 0 Å². The van der Waals surface area contributed by atoms with Gasteiger partial charge in [0.25, 0.3) is 0 Å². The van der Waals surface area contributed by atoms with Crippen LogP contribution < -0.4 is 16.0 Å². The van der Waals surface area contributed by atoms with Gasteiger partial charge in [-0.25, -0.2) is 0 Å². The van der Waals surface area contributed by atoms with E-state index in [-0.39, 0.29) is 17.7 Å². The Labute approximate surface area is 195 Å². The monoisotopic (exact) mass is 470 g/mol. The third-order valence-electron chi connectivity index (χ3n) is 5.42. The van der Waals surface area contributed by atoms with Gasteiger partial charge in [0.2, 0.25) is 11.8 Å². The molecule has 3 heterocycles. The van der Waals surface area contributed by atoms with Gasteiger partial charge in [-0.3, -0.25) is 9.59 Å². The molecule has 0 bridgehead atoms. The third kappa shape index (κ3) is 5.92. The van der Waals surface area contributed by atoms with Crippen LogP contribution in [0.5, 0.6) is 0 Å². The zero-order chi connectivity index (χ0) is 22.3. The van der Waals surface area contributed by atoms with Crippen molar-refractivity contribution in [2.24, 2.45) is 11.7 Å². The highest BCUT2D eigenvalue weighted by atomic mass is 32.2. The maximum Gasteiger partial charge on any atom is 0.230 e. The molecule has 3 N–H and O–H groups in total. The first kappa shape index (κ1) is 22.4. The van der Waals surface area contributed by atoms with Crippen molar-refractivity contribution in [3.8, 4) is 10.6 Å². The predicted octanol–water partition coefficient (Wildman–Crippen LogP) is 3.65. The number of thioether (sulfide) groups is 1. The zero-order valence-electron chi connectivity index (χ0n) is 17.7. The molecule has 0 aliphatic carbocycles. The van der Waals surface area contributed by atoms with Crippen molar-refractivity contribution in [3.63, 3.8) is 0 Å². The molecule has 3 aromatic rings. The van der Waals surface area contributed by atoms with E-state index in [1.807, 2.05) is 47.8 Å². The SMILES string of the molecule is NC(=O)[C@H]1CCCN(c2ccc(CNC(=O)CSCc3cc(-c4cccs4)on3)cc2)C1. The molecule has 168 valence electrons. The van der Waals surface area contributed by atoms with Gasteiger partial charge < -0.3 is 20.5 Å². The molecule has 1 aliphatic rings. The summed E-state index contributed by atoms with van der Waals surface area (Å²) in [7, 11) is 0. The van der Waals surface area contributed by atoms with Crippen LogP contribution in [0, 0.1) is 5.92 Å². The number of piperidine rings is 1. The van der Waals surface area contributed by atoms with Crippen LogP contribution in [-0.2, 0) is 21.9 Å². The van der Waals surface area contributed by atoms with Gasteiger partial charge in [0, 0.05) is 37.1 Å². The minimum atomic E-state index is -0.224. The van der Waals surface area contributed by atoms with Gasteiger partial charge >= 0.3 is 0 Å². The van der Waals surface area contributed by atoms with Crippen molar-refractivity contribution in [2.45, 2.75) is 25.1 Å². The Morgan fingerprint density at radius 1 is 1.28 bits per heavy atom. The van der Waals surface area contributed by atoms with Crippen molar-refractivity contribution in [1.29, 1.82) is 0 Å². The molecule has 0 unspecified atom stereocenters. The summed E-state index contributed by atoms with van der Waals surface area (Å²) < 4.78 is 5.36. The number of hydrogen-bond donors (Lipinski definition) is 2. The van der Waals surface area contributed by atoms with Gasteiger partial charge in [-0.1, -0.05) is 23.4 Å². The van der Waals surface area contributed by atoms with Crippen LogP contribution in [0.3, 0.4) is 0 Å². The Balaban J connectivity index is 1.18. The number of thiophene rings is 1. The highest BCUT2D eigenvalue weighted by molar-refractivity contribution is 7.99. The highest BCUT2D eigenvalue weighted by Gasteiger charge is 2.24. The maximum absolute atomic E-state index is 12.2. The second-order valence-corrected chi connectivity index (χ2v) is 9.72. The van der Waals surface area contributed by atoms with E-state index in [0.29, 0.717) is 24.6 Å². The lowest BCUT2D eigenvalue weighted by Crippen LogP contribution is -2.41. The second-order valence-electron chi connectivity index (χ2n) is 7.78. The number of carbonyl (C=O) groups is 2. The minimum Gasteiger partial charge on any atom is -0.371 e. The molecule has 0 spiro atoms. The van der Waals surface area contributed by atoms with E-state index in [4.69, 9.17) is 10.3 Å². The summed E-state index contributed by atoms with van der Waals surface area (Å²) in [5, 5.41) is 9.03. The predicted molar refractivity (Wildman–Crippen MR) is 128 cm³/mol. The fourth-order valence-corrected chi connectivity index (χ4v) is 5.09. The van der Waals surface area contributed by atoms with Gasteiger partial charge in [0.1, 0.15) is 0 Å². The van der Waals surface area contributed by atoms with Gasteiger partial charge in [-0.05, 0) is 42.0 Å². The number of nitrogens with zero attached hydrogens (tertiary/aromatic N) is 2. The quantitative estimate of drug-likeness (QED) is 0.495. The molecule has 7 nitrogen and oxygen atoms in total. The lowest BCUT2D eigenvalue weighted by atomic mass is 9.97. The summed E-state index contributed by atoms with van der Waals surface area (Å²) >= 11 is 3.12. The van der Waals surface area contributed by atoms with Crippen molar-refractivity contribution in [2.75, 3.05) is 23.7 Å². The molecule has 32 heavy (non-hydrogen) atoms. The minimum absolute atomic E-state index is 0.0126. The molecular weight excluding hydrogens is 444 g/mol. The summed E-state index contributed by atoms with van der Waals surface area (Å²) in [5.74, 6) is 1.43. The summed E-state index contributed by atoms with van der Waals surface area (Å²) in [6.45, 7) is 2.08. The number of anilines is 1. The molecule has 2 amide bonds. The number of carbonyl (C=O) groups excluding carboxylic acids is 2. The number of amides is 2. The van der Waals surface area contributed by atoms with Gasteiger partial charge in [-0.2, -0.15) is 0 Å². The van der Waals surface area contributed by atoms with Crippen LogP contribution in [-0.4, -0.2) is 35.8 Å². The average Bonchev–Trinajstić information content (AvgIpc) is 3.50. The Hall–Kier alpha value is -2.78. The zero-order valence-corrected chi connectivity index (χ0v) is 19.3. The van der Waals surface area contributed by atoms with E-state index in [1.54, 1.807) is 11.3 Å². The summed E-state index contributed by atoms with van der Waals surface area (Å²) in [6, 6.07) is 14.0. The molecule has 1 atom stereocenters. The smallest absolute Gasteiger partial charge is 0.230 e. The number of primary amides is 1. The first-order chi connectivity index (χ1) is 15.6. The third-order valence-corrected chi connectivity index (χ3v) is 7.27. The number of hydrogen-bond acceptors (Lipinski definition) is 7. The topological polar surface area (TPSA) is 101 Å².